The molecule has 7 heteroatoms. The van der Waals surface area contributed by atoms with Crippen LogP contribution in [0.25, 0.3) is 0 Å². The maximum atomic E-state index is 12.2. The minimum atomic E-state index is -1.03. The van der Waals surface area contributed by atoms with Crippen molar-refractivity contribution < 1.29 is 19.4 Å². The van der Waals surface area contributed by atoms with E-state index in [4.69, 9.17) is 16.3 Å². The highest BCUT2D eigenvalue weighted by atomic mass is 35.5. The molecule has 0 bridgehead atoms. The van der Waals surface area contributed by atoms with Crippen LogP contribution in [0.2, 0.25) is 5.02 Å². The van der Waals surface area contributed by atoms with E-state index in [1.165, 1.54) is 4.90 Å². The third kappa shape index (κ3) is 3.66. The van der Waals surface area contributed by atoms with Crippen LogP contribution in [0.1, 0.15) is 35.8 Å². The SMILES string of the molecule is CC1(C)OCC(c2ccc(NC(=O)c3ccc(Cl)cc3)cc2)N1C(=O)O. The number of hydrogen-bond acceptors (Lipinski definition) is 3. The number of benzene rings is 2. The van der Waals surface area contributed by atoms with Gasteiger partial charge < -0.3 is 15.2 Å². The maximum absolute atomic E-state index is 12.2. The third-order valence-corrected chi connectivity index (χ3v) is 4.60. The summed E-state index contributed by atoms with van der Waals surface area (Å²) in [6.45, 7) is 3.74. The van der Waals surface area contributed by atoms with Crippen molar-refractivity contribution in [2.45, 2.75) is 25.6 Å². The summed E-state index contributed by atoms with van der Waals surface area (Å²) in [6, 6.07) is 13.3. The van der Waals surface area contributed by atoms with Crippen LogP contribution in [0, 0.1) is 0 Å². The number of carbonyl (C=O) groups is 2. The Kier molecular flexibility index (Phi) is 4.89. The minimum absolute atomic E-state index is 0.244. The van der Waals surface area contributed by atoms with E-state index in [0.29, 0.717) is 16.3 Å². The molecule has 2 aromatic carbocycles. The second kappa shape index (κ2) is 6.97. The van der Waals surface area contributed by atoms with Crippen molar-refractivity contribution in [2.75, 3.05) is 11.9 Å². The van der Waals surface area contributed by atoms with Crippen molar-refractivity contribution in [1.82, 2.24) is 4.90 Å². The Morgan fingerprint density at radius 3 is 2.35 bits per heavy atom. The molecule has 0 saturated carbocycles. The highest BCUT2D eigenvalue weighted by Crippen LogP contribution is 2.37. The molecule has 0 radical (unpaired) electrons. The van der Waals surface area contributed by atoms with Crippen molar-refractivity contribution in [1.29, 1.82) is 0 Å². The quantitative estimate of drug-likeness (QED) is 0.835. The Balaban J connectivity index is 1.73. The van der Waals surface area contributed by atoms with Gasteiger partial charge in [-0.05, 0) is 55.8 Å². The van der Waals surface area contributed by atoms with Crippen molar-refractivity contribution >= 4 is 29.3 Å². The lowest BCUT2D eigenvalue weighted by atomic mass is 10.1. The van der Waals surface area contributed by atoms with Gasteiger partial charge in [-0.3, -0.25) is 9.69 Å². The number of rotatable bonds is 3. The van der Waals surface area contributed by atoms with Crippen molar-refractivity contribution in [2.24, 2.45) is 0 Å². The minimum Gasteiger partial charge on any atom is -0.465 e. The highest BCUT2D eigenvalue weighted by molar-refractivity contribution is 6.30. The van der Waals surface area contributed by atoms with Gasteiger partial charge in [0, 0.05) is 16.3 Å². The first-order chi connectivity index (χ1) is 12.3. The normalized spacial score (nSPS) is 18.6. The average molecular weight is 375 g/mol. The molecule has 1 fully saturated rings. The molecule has 0 aromatic heterocycles. The molecule has 3 rings (SSSR count). The van der Waals surface area contributed by atoms with E-state index in [0.717, 1.165) is 5.56 Å². The zero-order valence-corrected chi connectivity index (χ0v) is 15.2. The fourth-order valence-electron chi connectivity index (χ4n) is 3.00. The number of hydrogen-bond donors (Lipinski definition) is 2. The zero-order valence-electron chi connectivity index (χ0n) is 14.4. The molecular formula is C19H19ClN2O4. The number of carbonyl (C=O) groups excluding carboxylic acids is 1. The lowest BCUT2D eigenvalue weighted by Crippen LogP contribution is -2.43. The summed E-state index contributed by atoms with van der Waals surface area (Å²) >= 11 is 5.82. The molecule has 6 nitrogen and oxygen atoms in total. The van der Waals surface area contributed by atoms with Crippen LogP contribution in [-0.4, -0.2) is 34.3 Å². The number of carboxylic acid groups (broad SMARTS) is 1. The van der Waals surface area contributed by atoms with Crippen LogP contribution in [0.15, 0.2) is 48.5 Å². The molecule has 1 unspecified atom stereocenters. The molecule has 1 aliphatic heterocycles. The van der Waals surface area contributed by atoms with Gasteiger partial charge in [0.2, 0.25) is 0 Å². The highest BCUT2D eigenvalue weighted by Gasteiger charge is 2.44. The average Bonchev–Trinajstić information content (AvgIpc) is 2.91. The van der Waals surface area contributed by atoms with E-state index in [1.54, 1.807) is 62.4 Å². The van der Waals surface area contributed by atoms with Gasteiger partial charge in [0.05, 0.1) is 12.6 Å². The van der Waals surface area contributed by atoms with Crippen LogP contribution >= 0.6 is 11.6 Å². The molecule has 0 spiro atoms. The third-order valence-electron chi connectivity index (χ3n) is 4.35. The van der Waals surface area contributed by atoms with Gasteiger partial charge in [-0.15, -0.1) is 0 Å². The van der Waals surface area contributed by atoms with Gasteiger partial charge in [0.1, 0.15) is 5.72 Å². The molecule has 1 heterocycles. The zero-order chi connectivity index (χ0) is 18.9. The maximum Gasteiger partial charge on any atom is 0.410 e. The number of nitrogens with one attached hydrogen (secondary N) is 1. The fraction of sp³-hybridized carbons (Fsp3) is 0.263. The molecule has 136 valence electrons. The second-order valence-electron chi connectivity index (χ2n) is 6.51. The number of amides is 2. The predicted molar refractivity (Wildman–Crippen MR) is 98.5 cm³/mol. The lowest BCUT2D eigenvalue weighted by molar-refractivity contribution is -0.0420. The first-order valence-corrected chi connectivity index (χ1v) is 8.49. The van der Waals surface area contributed by atoms with Gasteiger partial charge in [0.15, 0.2) is 0 Å². The van der Waals surface area contributed by atoms with Gasteiger partial charge in [0.25, 0.3) is 5.91 Å². The van der Waals surface area contributed by atoms with E-state index in [-0.39, 0.29) is 18.6 Å². The fourth-order valence-corrected chi connectivity index (χ4v) is 3.13. The smallest absolute Gasteiger partial charge is 0.410 e. The molecule has 2 aromatic rings. The molecule has 1 aliphatic rings. The summed E-state index contributed by atoms with van der Waals surface area (Å²) < 4.78 is 5.61. The molecular weight excluding hydrogens is 356 g/mol. The Labute approximate surface area is 156 Å². The molecule has 2 N–H and O–H groups in total. The molecule has 2 amide bonds. The van der Waals surface area contributed by atoms with Crippen LogP contribution in [-0.2, 0) is 4.74 Å². The van der Waals surface area contributed by atoms with Crippen LogP contribution in [0.3, 0.4) is 0 Å². The molecule has 1 atom stereocenters. The summed E-state index contributed by atoms with van der Waals surface area (Å²) in [5, 5.41) is 12.8. The van der Waals surface area contributed by atoms with Gasteiger partial charge in [-0.1, -0.05) is 23.7 Å². The van der Waals surface area contributed by atoms with Crippen molar-refractivity contribution in [3.8, 4) is 0 Å². The van der Waals surface area contributed by atoms with E-state index < -0.39 is 11.8 Å². The topological polar surface area (TPSA) is 78.9 Å². The standard InChI is InChI=1S/C19H19ClN2O4/c1-19(2)22(18(24)25)16(11-26-19)12-5-9-15(10-6-12)21-17(23)13-3-7-14(20)8-4-13/h3-10,16H,11H2,1-2H3,(H,21,23)(H,24,25). The first-order valence-electron chi connectivity index (χ1n) is 8.11. The largest absolute Gasteiger partial charge is 0.465 e. The summed E-state index contributed by atoms with van der Waals surface area (Å²) in [6.07, 6.45) is -1.03. The number of halogens is 1. The van der Waals surface area contributed by atoms with E-state index in [9.17, 15) is 14.7 Å². The summed E-state index contributed by atoms with van der Waals surface area (Å²) in [5.41, 5.74) is 1.05. The van der Waals surface area contributed by atoms with Crippen LogP contribution < -0.4 is 5.32 Å². The first kappa shape index (κ1) is 18.2. The van der Waals surface area contributed by atoms with Gasteiger partial charge in [-0.2, -0.15) is 0 Å². The number of anilines is 1. The lowest BCUT2D eigenvalue weighted by Gasteiger charge is -2.31. The Morgan fingerprint density at radius 1 is 1.15 bits per heavy atom. The molecule has 1 saturated heterocycles. The Bertz CT molecular complexity index is 818. The Hall–Kier alpha value is -2.57. The van der Waals surface area contributed by atoms with Crippen LogP contribution in [0.4, 0.5) is 10.5 Å². The molecule has 26 heavy (non-hydrogen) atoms. The monoisotopic (exact) mass is 374 g/mol. The summed E-state index contributed by atoms with van der Waals surface area (Å²) in [7, 11) is 0. The number of nitrogens with zero attached hydrogens (tertiary/aromatic N) is 1. The predicted octanol–water partition coefficient (Wildman–Crippen LogP) is 4.38. The summed E-state index contributed by atoms with van der Waals surface area (Å²) in [4.78, 5) is 25.1. The van der Waals surface area contributed by atoms with Crippen LogP contribution in [0.5, 0.6) is 0 Å². The Morgan fingerprint density at radius 2 is 1.77 bits per heavy atom. The second-order valence-corrected chi connectivity index (χ2v) is 6.95. The van der Waals surface area contributed by atoms with E-state index in [1.807, 2.05) is 0 Å². The van der Waals surface area contributed by atoms with Crippen molar-refractivity contribution in [3.63, 3.8) is 0 Å². The molecule has 0 aliphatic carbocycles. The van der Waals surface area contributed by atoms with Gasteiger partial charge in [-0.25, -0.2) is 4.79 Å². The summed E-state index contributed by atoms with van der Waals surface area (Å²) in [5.74, 6) is -0.244. The number of ether oxygens (including phenoxy) is 1. The van der Waals surface area contributed by atoms with E-state index in [2.05, 4.69) is 5.32 Å². The van der Waals surface area contributed by atoms with Gasteiger partial charge >= 0.3 is 6.09 Å². The van der Waals surface area contributed by atoms with Crippen molar-refractivity contribution in [3.05, 3.63) is 64.7 Å². The van der Waals surface area contributed by atoms with E-state index >= 15 is 0 Å².